The van der Waals surface area contributed by atoms with Crippen molar-refractivity contribution in [1.82, 2.24) is 9.88 Å². The summed E-state index contributed by atoms with van der Waals surface area (Å²) in [6, 6.07) is 9.39. The third-order valence-electron chi connectivity index (χ3n) is 8.04. The summed E-state index contributed by atoms with van der Waals surface area (Å²) in [6.07, 6.45) is 10.8. The van der Waals surface area contributed by atoms with Crippen molar-refractivity contribution in [3.05, 3.63) is 59.4 Å². The summed E-state index contributed by atoms with van der Waals surface area (Å²) in [6.45, 7) is 1.91. The second kappa shape index (κ2) is 9.48. The molecule has 1 fully saturated rings. The topological polar surface area (TPSA) is 118 Å². The minimum absolute atomic E-state index is 0.0240. The van der Waals surface area contributed by atoms with E-state index >= 15 is 0 Å². The summed E-state index contributed by atoms with van der Waals surface area (Å²) in [5, 5.41) is 2.97. The Kier molecular flexibility index (Phi) is 6.36. The van der Waals surface area contributed by atoms with E-state index < -0.39 is 11.1 Å². The number of aliphatic imine (C=N–C) groups is 1. The third kappa shape index (κ3) is 4.18. The van der Waals surface area contributed by atoms with E-state index in [1.54, 1.807) is 17.3 Å². The Labute approximate surface area is 211 Å². The number of hydrogen-bond acceptors (Lipinski definition) is 5. The zero-order chi connectivity index (χ0) is 25.3. The smallest absolute Gasteiger partial charge is 0.270 e. The molecule has 1 aliphatic heterocycles. The molecule has 2 aliphatic carbocycles. The highest BCUT2D eigenvalue weighted by atomic mass is 16.2. The van der Waals surface area contributed by atoms with Gasteiger partial charge in [-0.1, -0.05) is 31.9 Å². The van der Waals surface area contributed by atoms with E-state index in [9.17, 15) is 14.4 Å². The van der Waals surface area contributed by atoms with Crippen LogP contribution in [-0.2, 0) is 32.6 Å². The maximum atomic E-state index is 13.1. The number of hydrogen-bond donors (Lipinski definition) is 2. The molecule has 0 saturated heterocycles. The van der Waals surface area contributed by atoms with Crippen LogP contribution < -0.4 is 11.1 Å². The largest absolute Gasteiger partial charge is 0.369 e. The van der Waals surface area contributed by atoms with Crippen LogP contribution in [0.4, 0.5) is 5.69 Å². The predicted octanol–water partition coefficient (Wildman–Crippen LogP) is 3.29. The average Bonchev–Trinajstić information content (AvgIpc) is 3.27. The lowest BCUT2D eigenvalue weighted by atomic mass is 9.78. The van der Waals surface area contributed by atoms with Gasteiger partial charge < -0.3 is 16.0 Å². The quantitative estimate of drug-likeness (QED) is 0.650. The lowest BCUT2D eigenvalue weighted by Gasteiger charge is -2.35. The Morgan fingerprint density at radius 3 is 2.50 bits per heavy atom. The van der Waals surface area contributed by atoms with Crippen molar-refractivity contribution in [3.63, 3.8) is 0 Å². The predicted molar refractivity (Wildman–Crippen MR) is 137 cm³/mol. The van der Waals surface area contributed by atoms with Crippen molar-refractivity contribution in [2.75, 3.05) is 11.9 Å². The summed E-state index contributed by atoms with van der Waals surface area (Å²) in [4.78, 5) is 49.5. The molecule has 2 heterocycles. The first-order chi connectivity index (χ1) is 17.4. The number of carbonyl (C=O) groups excluding carboxylic acids is 3. The van der Waals surface area contributed by atoms with Crippen molar-refractivity contribution in [2.45, 2.75) is 75.8 Å². The molecule has 36 heavy (non-hydrogen) atoms. The molecule has 3 aliphatic rings. The molecule has 0 unspecified atom stereocenters. The van der Waals surface area contributed by atoms with Gasteiger partial charge in [0.1, 0.15) is 17.9 Å². The van der Waals surface area contributed by atoms with Crippen molar-refractivity contribution in [2.24, 2.45) is 10.7 Å². The van der Waals surface area contributed by atoms with E-state index in [4.69, 9.17) is 10.7 Å². The monoisotopic (exact) mass is 487 g/mol. The van der Waals surface area contributed by atoms with E-state index in [1.807, 2.05) is 37.3 Å². The maximum absolute atomic E-state index is 13.1. The SMILES string of the molecule is CCC1=NC2(CCCCCC2)N(CC(=O)Nc2ccc3c(c2)C[C@@](C(N)=O)(c2cccnc2)C3)C1=O. The number of fused-ring (bicyclic) bond motifs is 1. The summed E-state index contributed by atoms with van der Waals surface area (Å²) in [5.41, 5.74) is 8.47. The fourth-order valence-electron chi connectivity index (χ4n) is 6.09. The lowest BCUT2D eigenvalue weighted by Crippen LogP contribution is -2.50. The van der Waals surface area contributed by atoms with E-state index in [1.165, 1.54) is 0 Å². The molecule has 5 rings (SSSR count). The second-order valence-electron chi connectivity index (χ2n) is 10.3. The first-order valence-corrected chi connectivity index (χ1v) is 12.9. The first-order valence-electron chi connectivity index (χ1n) is 12.9. The molecule has 3 N–H and O–H groups in total. The number of amides is 3. The number of pyridine rings is 1. The summed E-state index contributed by atoms with van der Waals surface area (Å²) < 4.78 is 0. The Hall–Kier alpha value is -3.55. The molecule has 8 heteroatoms. The highest BCUT2D eigenvalue weighted by molar-refractivity contribution is 6.40. The van der Waals surface area contributed by atoms with Gasteiger partial charge in [-0.3, -0.25) is 24.4 Å². The average molecular weight is 488 g/mol. The molecule has 8 nitrogen and oxygen atoms in total. The molecule has 1 saturated carbocycles. The number of nitrogens with two attached hydrogens (primary N) is 1. The zero-order valence-electron chi connectivity index (χ0n) is 20.8. The first kappa shape index (κ1) is 24.2. The molecule has 1 aromatic heterocycles. The van der Waals surface area contributed by atoms with Crippen LogP contribution in [0, 0.1) is 0 Å². The molecule has 1 atom stereocenters. The fourth-order valence-corrected chi connectivity index (χ4v) is 6.09. The third-order valence-corrected chi connectivity index (χ3v) is 8.04. The van der Waals surface area contributed by atoms with Gasteiger partial charge in [0.15, 0.2) is 0 Å². The van der Waals surface area contributed by atoms with Gasteiger partial charge in [0.2, 0.25) is 11.8 Å². The van der Waals surface area contributed by atoms with Gasteiger partial charge in [0.25, 0.3) is 5.91 Å². The molecule has 0 bridgehead atoms. The van der Waals surface area contributed by atoms with Crippen LogP contribution in [0.3, 0.4) is 0 Å². The summed E-state index contributed by atoms with van der Waals surface area (Å²) in [5.74, 6) is -0.748. The van der Waals surface area contributed by atoms with E-state index in [0.29, 0.717) is 30.7 Å². The minimum Gasteiger partial charge on any atom is -0.369 e. The molecule has 3 amide bonds. The standard InChI is InChI=1S/C28H33N5O3/c1-2-23-25(35)33(28(32-23)11-5-3-4-6-12-28)18-24(34)31-22-10-9-19-15-27(26(29)36,16-20(19)14-22)21-8-7-13-30-17-21/h7-10,13-14,17H,2-6,11-12,15-16,18H2,1H3,(H2,29,36)(H,31,34)/t27-/m1/s1. The number of benzene rings is 1. The van der Waals surface area contributed by atoms with Gasteiger partial charge >= 0.3 is 0 Å². The number of nitrogens with zero attached hydrogens (tertiary/aromatic N) is 3. The van der Waals surface area contributed by atoms with Crippen molar-refractivity contribution >= 4 is 29.1 Å². The summed E-state index contributed by atoms with van der Waals surface area (Å²) >= 11 is 0. The van der Waals surface area contributed by atoms with Crippen LogP contribution in [-0.4, -0.2) is 45.5 Å². The van der Waals surface area contributed by atoms with Crippen molar-refractivity contribution < 1.29 is 14.4 Å². The molecule has 1 spiro atoms. The van der Waals surface area contributed by atoms with E-state index in [2.05, 4.69) is 10.3 Å². The Bertz CT molecular complexity index is 1220. The van der Waals surface area contributed by atoms with Crippen LogP contribution in [0.15, 0.2) is 47.7 Å². The second-order valence-corrected chi connectivity index (χ2v) is 10.3. The molecule has 2 aromatic rings. The number of rotatable bonds is 6. The number of nitrogens with one attached hydrogen (secondary N) is 1. The summed E-state index contributed by atoms with van der Waals surface area (Å²) in [7, 11) is 0. The highest BCUT2D eigenvalue weighted by Crippen LogP contribution is 2.41. The maximum Gasteiger partial charge on any atom is 0.270 e. The van der Waals surface area contributed by atoms with Gasteiger partial charge in [0, 0.05) is 18.1 Å². The number of aromatic nitrogens is 1. The van der Waals surface area contributed by atoms with Crippen molar-refractivity contribution in [1.29, 1.82) is 0 Å². The minimum atomic E-state index is -0.846. The Balaban J connectivity index is 1.33. The normalized spacial score (nSPS) is 22.8. The molecule has 0 radical (unpaired) electrons. The number of primary amides is 1. The van der Waals surface area contributed by atoms with Crippen LogP contribution in [0.1, 0.15) is 68.6 Å². The van der Waals surface area contributed by atoms with Crippen LogP contribution >= 0.6 is 0 Å². The fraction of sp³-hybridized carbons (Fsp3) is 0.464. The number of anilines is 1. The van der Waals surface area contributed by atoms with Crippen LogP contribution in [0.5, 0.6) is 0 Å². The lowest BCUT2D eigenvalue weighted by molar-refractivity contribution is -0.133. The van der Waals surface area contributed by atoms with Gasteiger partial charge in [-0.25, -0.2) is 0 Å². The zero-order valence-corrected chi connectivity index (χ0v) is 20.8. The highest BCUT2D eigenvalue weighted by Gasteiger charge is 2.47. The van der Waals surface area contributed by atoms with Gasteiger partial charge in [-0.15, -0.1) is 0 Å². The van der Waals surface area contributed by atoms with E-state index in [0.717, 1.165) is 55.2 Å². The molecule has 188 valence electrons. The van der Waals surface area contributed by atoms with Gasteiger partial charge in [0.05, 0.1) is 5.41 Å². The Morgan fingerprint density at radius 2 is 1.83 bits per heavy atom. The molecule has 1 aromatic carbocycles. The molecular weight excluding hydrogens is 454 g/mol. The Morgan fingerprint density at radius 1 is 1.08 bits per heavy atom. The van der Waals surface area contributed by atoms with Crippen molar-refractivity contribution in [3.8, 4) is 0 Å². The van der Waals surface area contributed by atoms with Crippen LogP contribution in [0.2, 0.25) is 0 Å². The molecular formula is C28H33N5O3. The van der Waals surface area contributed by atoms with Gasteiger partial charge in [-0.2, -0.15) is 0 Å². The number of carbonyl (C=O) groups is 3. The van der Waals surface area contributed by atoms with Gasteiger partial charge in [-0.05, 0) is 79.8 Å². The van der Waals surface area contributed by atoms with E-state index in [-0.39, 0.29) is 24.3 Å². The van der Waals surface area contributed by atoms with Crippen LogP contribution in [0.25, 0.3) is 0 Å².